The van der Waals surface area contributed by atoms with Crippen molar-refractivity contribution in [3.8, 4) is 0 Å². The number of hydrogen-bond donors (Lipinski definition) is 1. The molecule has 5 fully saturated rings. The van der Waals surface area contributed by atoms with Crippen molar-refractivity contribution >= 4 is 11.8 Å². The van der Waals surface area contributed by atoms with Crippen LogP contribution in [0.3, 0.4) is 0 Å². The number of carbonyl (C=O) groups is 2. The summed E-state index contributed by atoms with van der Waals surface area (Å²) in [6, 6.07) is 0. The molecule has 4 aliphatic carbocycles. The largest absolute Gasteiger partial charge is 0.458 e. The number of fused-ring (bicyclic) bond motifs is 5. The average molecular weight is 419 g/mol. The van der Waals surface area contributed by atoms with E-state index in [1.165, 1.54) is 13.3 Å². The van der Waals surface area contributed by atoms with Crippen LogP contribution < -0.4 is 0 Å². The topological polar surface area (TPSA) is 72.8 Å². The molecule has 0 aromatic rings. The van der Waals surface area contributed by atoms with Crippen LogP contribution in [0.15, 0.2) is 0 Å². The Morgan fingerprint density at radius 3 is 2.53 bits per heavy atom. The molecule has 5 aliphatic rings. The van der Waals surface area contributed by atoms with E-state index in [0.29, 0.717) is 30.3 Å². The lowest BCUT2D eigenvalue weighted by Gasteiger charge is -2.65. The Morgan fingerprint density at radius 2 is 1.80 bits per heavy atom. The van der Waals surface area contributed by atoms with Gasteiger partial charge in [-0.25, -0.2) is 0 Å². The number of carbonyl (C=O) groups excluding carboxylic acids is 2. The first-order valence-electron chi connectivity index (χ1n) is 12.1. The van der Waals surface area contributed by atoms with Crippen molar-refractivity contribution in [3.63, 3.8) is 0 Å². The summed E-state index contributed by atoms with van der Waals surface area (Å²) in [5.74, 6) is 2.00. The summed E-state index contributed by atoms with van der Waals surface area (Å²) in [6.07, 6.45) is 6.98. The summed E-state index contributed by atoms with van der Waals surface area (Å²) in [4.78, 5) is 24.6. The van der Waals surface area contributed by atoms with Crippen molar-refractivity contribution in [1.82, 2.24) is 0 Å². The average Bonchev–Trinajstić information content (AvgIpc) is 2.98. The van der Waals surface area contributed by atoms with Gasteiger partial charge >= 0.3 is 5.97 Å². The van der Waals surface area contributed by atoms with Gasteiger partial charge in [-0.3, -0.25) is 9.59 Å². The quantitative estimate of drug-likeness (QED) is 0.707. The molecule has 0 amide bonds. The molecule has 168 valence electrons. The number of esters is 1. The third kappa shape index (κ3) is 2.80. The first-order chi connectivity index (χ1) is 14.1. The summed E-state index contributed by atoms with van der Waals surface area (Å²) in [5, 5.41) is 10.5. The SMILES string of the molecule is CC(=O)OCC(=O)[C@H]1[C@H]2CO[C@]3(C)CC4C(C2)[C@]1(C)CC[C@@H]4[C@@]1(C)CC[C@H](O)CC31. The first-order valence-corrected chi connectivity index (χ1v) is 12.1. The minimum atomic E-state index is -0.386. The van der Waals surface area contributed by atoms with Gasteiger partial charge in [0.25, 0.3) is 0 Å². The van der Waals surface area contributed by atoms with Crippen molar-refractivity contribution in [2.24, 2.45) is 46.3 Å². The molecule has 1 N–H and O–H groups in total. The molecule has 4 saturated carbocycles. The van der Waals surface area contributed by atoms with Crippen molar-refractivity contribution in [2.45, 2.75) is 84.3 Å². The van der Waals surface area contributed by atoms with Crippen LogP contribution in [0.1, 0.15) is 72.6 Å². The summed E-state index contributed by atoms with van der Waals surface area (Å²) in [6.45, 7) is 8.98. The maximum absolute atomic E-state index is 13.3. The minimum Gasteiger partial charge on any atom is -0.458 e. The van der Waals surface area contributed by atoms with Gasteiger partial charge in [0, 0.05) is 12.8 Å². The second kappa shape index (κ2) is 6.78. The van der Waals surface area contributed by atoms with Gasteiger partial charge in [0.1, 0.15) is 6.61 Å². The summed E-state index contributed by atoms with van der Waals surface area (Å²) in [7, 11) is 0. The van der Waals surface area contributed by atoms with Gasteiger partial charge < -0.3 is 14.6 Å². The Hall–Kier alpha value is -0.940. The fraction of sp³-hybridized carbons (Fsp3) is 0.920. The monoisotopic (exact) mass is 418 g/mol. The molecule has 5 nitrogen and oxygen atoms in total. The van der Waals surface area contributed by atoms with Crippen LogP contribution in [0.5, 0.6) is 0 Å². The number of hydrogen-bond acceptors (Lipinski definition) is 5. The predicted octanol–water partition coefficient (Wildman–Crippen LogP) is 3.76. The standard InChI is InChI=1S/C25H38O5/c1-14(26)29-13-20(28)22-15-9-19-17-11-25(4,30-12-15)21-10-16(27)5-7-23(21,2)18(17)6-8-24(19,22)3/h15-19,21-22,27H,5-13H2,1-4H3/t15-,16+,17?,18+,19?,21?,22-,23-,24+,25-/m1/s1. The van der Waals surface area contributed by atoms with E-state index < -0.39 is 0 Å². The molecule has 0 radical (unpaired) electrons. The lowest BCUT2D eigenvalue weighted by atomic mass is 9.41. The van der Waals surface area contributed by atoms with E-state index in [0.717, 1.165) is 38.5 Å². The lowest BCUT2D eigenvalue weighted by Crippen LogP contribution is -2.63. The van der Waals surface area contributed by atoms with E-state index in [-0.39, 0.29) is 52.7 Å². The molecule has 1 aliphatic heterocycles. The Balaban J connectivity index is 1.53. The molecular formula is C25H38O5. The molecule has 4 bridgehead atoms. The molecule has 1 saturated heterocycles. The zero-order chi connectivity index (χ0) is 21.5. The normalized spacial score (nSPS) is 54.1. The highest BCUT2D eigenvalue weighted by atomic mass is 16.5. The van der Waals surface area contributed by atoms with Crippen LogP contribution in [0.2, 0.25) is 0 Å². The van der Waals surface area contributed by atoms with Crippen LogP contribution in [-0.4, -0.2) is 41.8 Å². The number of rotatable bonds is 3. The molecule has 3 unspecified atom stereocenters. The molecular weight excluding hydrogens is 380 g/mol. The smallest absolute Gasteiger partial charge is 0.303 e. The number of ketones is 1. The molecule has 5 rings (SSSR count). The molecule has 0 aromatic heterocycles. The maximum Gasteiger partial charge on any atom is 0.303 e. The van der Waals surface area contributed by atoms with Crippen LogP contribution >= 0.6 is 0 Å². The van der Waals surface area contributed by atoms with E-state index in [1.54, 1.807) is 0 Å². The lowest BCUT2D eigenvalue weighted by molar-refractivity contribution is -0.231. The van der Waals surface area contributed by atoms with Crippen LogP contribution in [-0.2, 0) is 19.1 Å². The molecule has 0 aromatic carbocycles. The molecule has 5 heteroatoms. The van der Waals surface area contributed by atoms with Gasteiger partial charge in [0.2, 0.25) is 0 Å². The third-order valence-electron chi connectivity index (χ3n) is 10.6. The zero-order valence-electron chi connectivity index (χ0n) is 19.0. The molecule has 30 heavy (non-hydrogen) atoms. The Morgan fingerprint density at radius 1 is 1.07 bits per heavy atom. The van der Waals surface area contributed by atoms with E-state index in [1.807, 2.05) is 0 Å². The third-order valence-corrected chi connectivity index (χ3v) is 10.6. The van der Waals surface area contributed by atoms with Gasteiger partial charge in [0.05, 0.1) is 18.3 Å². The molecule has 0 spiro atoms. The minimum absolute atomic E-state index is 0.0188. The van der Waals surface area contributed by atoms with Crippen LogP contribution in [0.4, 0.5) is 0 Å². The van der Waals surface area contributed by atoms with Gasteiger partial charge in [-0.1, -0.05) is 13.8 Å². The number of aliphatic hydroxyl groups is 1. The van der Waals surface area contributed by atoms with Crippen molar-refractivity contribution in [2.75, 3.05) is 13.2 Å². The van der Waals surface area contributed by atoms with Crippen molar-refractivity contribution in [1.29, 1.82) is 0 Å². The summed E-state index contributed by atoms with van der Waals surface area (Å²) < 4.78 is 11.9. The highest BCUT2D eigenvalue weighted by Crippen LogP contribution is 2.71. The van der Waals surface area contributed by atoms with E-state index in [4.69, 9.17) is 9.47 Å². The van der Waals surface area contributed by atoms with E-state index in [9.17, 15) is 14.7 Å². The van der Waals surface area contributed by atoms with E-state index in [2.05, 4.69) is 20.8 Å². The highest BCUT2D eigenvalue weighted by Gasteiger charge is 2.68. The van der Waals surface area contributed by atoms with E-state index >= 15 is 0 Å². The molecule has 1 heterocycles. The van der Waals surface area contributed by atoms with Crippen LogP contribution in [0.25, 0.3) is 0 Å². The van der Waals surface area contributed by atoms with Gasteiger partial charge in [0.15, 0.2) is 5.78 Å². The Labute approximate surface area is 180 Å². The number of ether oxygens (including phenoxy) is 2. The van der Waals surface area contributed by atoms with Gasteiger partial charge in [-0.05, 0) is 92.3 Å². The predicted molar refractivity (Wildman–Crippen MR) is 111 cm³/mol. The summed E-state index contributed by atoms with van der Waals surface area (Å²) in [5.41, 5.74) is -0.0275. The summed E-state index contributed by atoms with van der Waals surface area (Å²) >= 11 is 0. The fourth-order valence-electron chi connectivity index (χ4n) is 9.40. The highest BCUT2D eigenvalue weighted by molar-refractivity contribution is 5.85. The van der Waals surface area contributed by atoms with Crippen molar-refractivity contribution < 1.29 is 24.2 Å². The number of aliphatic hydroxyl groups excluding tert-OH is 1. The van der Waals surface area contributed by atoms with Crippen molar-refractivity contribution in [3.05, 3.63) is 0 Å². The Kier molecular flexibility index (Phi) is 4.73. The Bertz CT molecular complexity index is 750. The number of Topliss-reactive ketones (excluding diaryl/α,β-unsaturated/α-hetero) is 1. The zero-order valence-corrected chi connectivity index (χ0v) is 19.0. The fourth-order valence-corrected chi connectivity index (χ4v) is 9.40. The van der Waals surface area contributed by atoms with Crippen LogP contribution in [0, 0.1) is 46.3 Å². The van der Waals surface area contributed by atoms with Gasteiger partial charge in [-0.2, -0.15) is 0 Å². The first kappa shape index (κ1) is 20.9. The molecule has 10 atom stereocenters. The second-order valence-corrected chi connectivity index (χ2v) is 12.0. The maximum atomic E-state index is 13.3. The second-order valence-electron chi connectivity index (χ2n) is 12.0. The van der Waals surface area contributed by atoms with Gasteiger partial charge in [-0.15, -0.1) is 0 Å².